The van der Waals surface area contributed by atoms with E-state index in [1.807, 2.05) is 81.1 Å². The molecular weight excluding hydrogens is 522 g/mol. The van der Waals surface area contributed by atoms with Crippen molar-refractivity contribution in [1.29, 1.82) is 0 Å². The van der Waals surface area contributed by atoms with Crippen molar-refractivity contribution in [3.05, 3.63) is 70.2 Å². The van der Waals surface area contributed by atoms with E-state index in [9.17, 15) is 14.7 Å². The number of piperazine rings is 1. The van der Waals surface area contributed by atoms with Crippen LogP contribution >= 0.6 is 11.6 Å². The third kappa shape index (κ3) is 9.19. The van der Waals surface area contributed by atoms with Gasteiger partial charge in [-0.05, 0) is 62.9 Å². The molecule has 2 amide bonds. The van der Waals surface area contributed by atoms with Crippen molar-refractivity contribution >= 4 is 23.6 Å². The number of aliphatic hydroxyl groups excluding tert-OH is 1. The number of benzene rings is 2. The second-order valence-corrected chi connectivity index (χ2v) is 11.2. The summed E-state index contributed by atoms with van der Waals surface area (Å²) >= 11 is 6.07. The van der Waals surface area contributed by atoms with Crippen molar-refractivity contribution in [2.75, 3.05) is 32.8 Å². The zero-order chi connectivity index (χ0) is 28.6. The van der Waals surface area contributed by atoms with Gasteiger partial charge in [-0.3, -0.25) is 14.9 Å². The first-order valence-corrected chi connectivity index (χ1v) is 13.7. The van der Waals surface area contributed by atoms with E-state index in [0.29, 0.717) is 44.2 Å². The highest BCUT2D eigenvalue weighted by atomic mass is 35.5. The van der Waals surface area contributed by atoms with Gasteiger partial charge in [0.2, 0.25) is 5.91 Å². The summed E-state index contributed by atoms with van der Waals surface area (Å²) in [7, 11) is 0. The van der Waals surface area contributed by atoms with Crippen molar-refractivity contribution in [3.8, 4) is 0 Å². The first-order chi connectivity index (χ1) is 18.5. The molecule has 0 radical (unpaired) electrons. The van der Waals surface area contributed by atoms with Crippen molar-refractivity contribution in [1.82, 2.24) is 15.3 Å². The molecule has 214 valence electrons. The van der Waals surface area contributed by atoms with Crippen molar-refractivity contribution in [2.24, 2.45) is 0 Å². The Kier molecular flexibility index (Phi) is 11.1. The van der Waals surface area contributed by atoms with Crippen LogP contribution in [0.2, 0.25) is 5.02 Å². The number of nitrogens with zero attached hydrogens (tertiary/aromatic N) is 2. The van der Waals surface area contributed by atoms with Crippen LogP contribution in [0.15, 0.2) is 48.5 Å². The smallest absolute Gasteiger partial charge is 0.410 e. The largest absolute Gasteiger partial charge is 0.444 e. The normalized spacial score (nSPS) is 16.8. The lowest BCUT2D eigenvalue weighted by molar-refractivity contribution is -0.132. The van der Waals surface area contributed by atoms with Crippen LogP contribution in [0.25, 0.3) is 0 Å². The number of hydroxylamine groups is 1. The van der Waals surface area contributed by atoms with Crippen molar-refractivity contribution < 1.29 is 29.4 Å². The molecule has 0 saturated carbocycles. The number of carbonyl (C=O) groups is 2. The summed E-state index contributed by atoms with van der Waals surface area (Å²) in [6.07, 6.45) is -1.05. The highest BCUT2D eigenvalue weighted by Crippen LogP contribution is 2.31. The molecule has 9 nitrogen and oxygen atoms in total. The number of aliphatic hydroxyl groups is 1. The number of halogens is 1. The zero-order valence-electron chi connectivity index (χ0n) is 23.1. The Bertz CT molecular complexity index is 1070. The quantitative estimate of drug-likeness (QED) is 0.289. The van der Waals surface area contributed by atoms with Gasteiger partial charge in [0.1, 0.15) is 11.8 Å². The monoisotopic (exact) mass is 561 g/mol. The van der Waals surface area contributed by atoms with E-state index < -0.39 is 23.8 Å². The molecule has 0 aromatic heterocycles. The highest BCUT2D eigenvalue weighted by Gasteiger charge is 2.30. The minimum absolute atomic E-state index is 0.00506. The van der Waals surface area contributed by atoms with Crippen LogP contribution in [-0.2, 0) is 20.7 Å². The molecule has 39 heavy (non-hydrogen) atoms. The number of carbonyl (C=O) groups excluding carboxylic acids is 2. The Morgan fingerprint density at radius 2 is 1.59 bits per heavy atom. The minimum Gasteiger partial charge on any atom is -0.444 e. The van der Waals surface area contributed by atoms with E-state index >= 15 is 0 Å². The van der Waals surface area contributed by atoms with Crippen LogP contribution in [0.5, 0.6) is 0 Å². The molecule has 1 aliphatic rings. The van der Waals surface area contributed by atoms with Crippen LogP contribution in [0.3, 0.4) is 0 Å². The molecule has 0 spiro atoms. The Morgan fingerprint density at radius 3 is 2.13 bits per heavy atom. The average Bonchev–Trinajstić information content (AvgIpc) is 2.91. The topological polar surface area (TPSA) is 112 Å². The van der Waals surface area contributed by atoms with Gasteiger partial charge in [0, 0.05) is 43.7 Å². The van der Waals surface area contributed by atoms with Gasteiger partial charge in [0.15, 0.2) is 0 Å². The molecular formula is C29H40ClN3O6. The first-order valence-electron chi connectivity index (χ1n) is 13.3. The second-order valence-electron chi connectivity index (χ2n) is 10.7. The molecule has 1 saturated heterocycles. The molecule has 1 fully saturated rings. The van der Waals surface area contributed by atoms with Crippen LogP contribution in [-0.4, -0.2) is 76.6 Å². The van der Waals surface area contributed by atoms with Gasteiger partial charge < -0.3 is 19.5 Å². The van der Waals surface area contributed by atoms with E-state index in [0.717, 1.165) is 16.7 Å². The van der Waals surface area contributed by atoms with Crippen LogP contribution < -0.4 is 5.48 Å². The predicted octanol–water partition coefficient (Wildman–Crippen LogP) is 4.51. The summed E-state index contributed by atoms with van der Waals surface area (Å²) < 4.78 is 11.4. The van der Waals surface area contributed by atoms with Gasteiger partial charge in [-0.25, -0.2) is 10.3 Å². The van der Waals surface area contributed by atoms with Crippen molar-refractivity contribution in [3.63, 3.8) is 0 Å². The molecule has 10 heteroatoms. The maximum absolute atomic E-state index is 12.4. The molecule has 3 N–H and O–H groups in total. The lowest BCUT2D eigenvalue weighted by Crippen LogP contribution is -2.50. The highest BCUT2D eigenvalue weighted by molar-refractivity contribution is 6.30. The van der Waals surface area contributed by atoms with Gasteiger partial charge in [-0.2, -0.15) is 0 Å². The van der Waals surface area contributed by atoms with E-state index in [4.69, 9.17) is 26.3 Å². The number of amides is 2. The Labute approximate surface area is 235 Å². The van der Waals surface area contributed by atoms with E-state index in [1.165, 1.54) is 0 Å². The number of hydrogen-bond acceptors (Lipinski definition) is 7. The lowest BCUT2D eigenvalue weighted by Gasteiger charge is -2.37. The van der Waals surface area contributed by atoms with Crippen LogP contribution in [0.1, 0.15) is 63.0 Å². The fourth-order valence-electron chi connectivity index (χ4n) is 4.70. The Hall–Kier alpha value is -2.69. The minimum atomic E-state index is -0.822. The third-order valence-corrected chi connectivity index (χ3v) is 6.94. The first kappa shape index (κ1) is 30.8. The van der Waals surface area contributed by atoms with Gasteiger partial charge in [-0.15, -0.1) is 0 Å². The average molecular weight is 562 g/mol. The van der Waals surface area contributed by atoms with Crippen LogP contribution in [0, 0.1) is 0 Å². The summed E-state index contributed by atoms with van der Waals surface area (Å²) in [5.74, 6) is -0.709. The lowest BCUT2D eigenvalue weighted by atomic mass is 9.85. The molecule has 2 aromatic carbocycles. The van der Waals surface area contributed by atoms with E-state index in [2.05, 4.69) is 0 Å². The zero-order valence-corrected chi connectivity index (χ0v) is 23.9. The van der Waals surface area contributed by atoms with E-state index in [1.54, 1.807) is 10.4 Å². The molecule has 1 aliphatic heterocycles. The number of hydrogen-bond donors (Lipinski definition) is 3. The molecule has 2 aromatic rings. The Morgan fingerprint density at radius 1 is 1.00 bits per heavy atom. The van der Waals surface area contributed by atoms with Gasteiger partial charge >= 0.3 is 6.09 Å². The SMILES string of the molecule is CCO[C@H](CC(=O)NO)[C@H](Cc1ccc(Cl)cc1)c1ccc(C(O)N2CCN(C(=O)OC(C)(C)C)CC2)cc1. The fraction of sp³-hybridized carbons (Fsp3) is 0.517. The van der Waals surface area contributed by atoms with E-state index in [-0.39, 0.29) is 18.4 Å². The number of rotatable bonds is 10. The van der Waals surface area contributed by atoms with Gasteiger partial charge in [0.25, 0.3) is 0 Å². The number of nitrogens with one attached hydrogen (secondary N) is 1. The van der Waals surface area contributed by atoms with Gasteiger partial charge in [0.05, 0.1) is 12.5 Å². The molecule has 3 atom stereocenters. The standard InChI is InChI=1S/C29H40ClN3O6/c1-5-38-25(19-26(34)31-37)24(18-20-6-12-23(30)13-7-20)21-8-10-22(11-9-21)27(35)32-14-16-33(17-15-32)28(36)39-29(2,3)4/h6-13,24-25,27,35,37H,5,14-19H2,1-4H3,(H,31,34)/t24-,25-,27?/m1/s1. The predicted molar refractivity (Wildman–Crippen MR) is 149 cm³/mol. The molecule has 0 aliphatic carbocycles. The maximum atomic E-state index is 12.4. The van der Waals surface area contributed by atoms with Crippen molar-refractivity contribution in [2.45, 2.75) is 64.4 Å². The van der Waals surface area contributed by atoms with Crippen LogP contribution in [0.4, 0.5) is 4.79 Å². The molecule has 1 heterocycles. The molecule has 1 unspecified atom stereocenters. The fourth-order valence-corrected chi connectivity index (χ4v) is 4.83. The Balaban J connectivity index is 1.73. The summed E-state index contributed by atoms with van der Waals surface area (Å²) in [5, 5.41) is 20.8. The second kappa shape index (κ2) is 14.1. The summed E-state index contributed by atoms with van der Waals surface area (Å²) in [6.45, 7) is 9.77. The summed E-state index contributed by atoms with van der Waals surface area (Å²) in [6, 6.07) is 15.2. The number of ether oxygens (including phenoxy) is 2. The summed E-state index contributed by atoms with van der Waals surface area (Å²) in [5.41, 5.74) is 3.86. The molecule has 0 bridgehead atoms. The molecule has 3 rings (SSSR count). The summed E-state index contributed by atoms with van der Waals surface area (Å²) in [4.78, 5) is 28.0. The third-order valence-electron chi connectivity index (χ3n) is 6.68. The van der Waals surface area contributed by atoms with Gasteiger partial charge in [-0.1, -0.05) is 48.0 Å². The maximum Gasteiger partial charge on any atom is 0.410 e.